The number of likely N-dealkylation sites (tertiary alicyclic amines) is 1. The summed E-state index contributed by atoms with van der Waals surface area (Å²) in [5, 5.41) is 6.89. The fraction of sp³-hybridized carbons (Fsp3) is 0.444. The van der Waals surface area contributed by atoms with Gasteiger partial charge in [-0.05, 0) is 38.0 Å². The fourth-order valence-electron chi connectivity index (χ4n) is 2.98. The molecule has 1 aliphatic rings. The van der Waals surface area contributed by atoms with Gasteiger partial charge in [-0.2, -0.15) is 5.10 Å². The van der Waals surface area contributed by atoms with Crippen molar-refractivity contribution in [3.63, 3.8) is 0 Å². The van der Waals surface area contributed by atoms with E-state index < -0.39 is 0 Å². The molecule has 2 heterocycles. The zero-order valence-electron chi connectivity index (χ0n) is 14.1. The number of methoxy groups -OCH3 is 1. The van der Waals surface area contributed by atoms with E-state index >= 15 is 0 Å². The number of rotatable bonds is 5. The summed E-state index contributed by atoms with van der Waals surface area (Å²) in [7, 11) is 1.64. The molecule has 0 radical (unpaired) electrons. The van der Waals surface area contributed by atoms with Gasteiger partial charge in [0.05, 0.1) is 13.7 Å². The summed E-state index contributed by atoms with van der Waals surface area (Å²) in [5.41, 5.74) is 1.38. The highest BCUT2D eigenvalue weighted by Gasteiger charge is 2.26. The Balaban J connectivity index is 1.56. The lowest BCUT2D eigenvalue weighted by atomic mass is 9.98. The van der Waals surface area contributed by atoms with E-state index in [2.05, 4.69) is 10.2 Å². The second-order valence-electron chi connectivity index (χ2n) is 6.19. The van der Waals surface area contributed by atoms with Gasteiger partial charge in [-0.15, -0.1) is 0 Å². The number of aromatic amines is 1. The number of benzene rings is 1. The Morgan fingerprint density at radius 1 is 1.38 bits per heavy atom. The largest absolute Gasteiger partial charge is 0.497 e. The standard InChI is InChI=1S/C18H23N3O3/c1-13-9-17(20-19-13)18(22)21-8-4-5-14(11-21)12-24-16-7-3-6-15(10-16)23-2/h3,6-7,9-10,14H,4-5,8,11-12H2,1-2H3,(H,19,20)/t14-/m1/s1. The number of hydrogen-bond acceptors (Lipinski definition) is 4. The molecule has 0 bridgehead atoms. The lowest BCUT2D eigenvalue weighted by Crippen LogP contribution is -2.41. The molecular formula is C18H23N3O3. The maximum absolute atomic E-state index is 12.5. The van der Waals surface area contributed by atoms with Crippen LogP contribution < -0.4 is 9.47 Å². The third-order valence-corrected chi connectivity index (χ3v) is 4.26. The van der Waals surface area contributed by atoms with E-state index in [1.807, 2.05) is 36.1 Å². The predicted octanol–water partition coefficient (Wildman–Crippen LogP) is 2.66. The first-order valence-electron chi connectivity index (χ1n) is 8.24. The molecule has 2 aromatic rings. The van der Waals surface area contributed by atoms with Gasteiger partial charge in [0.25, 0.3) is 5.91 Å². The summed E-state index contributed by atoms with van der Waals surface area (Å²) in [6.45, 7) is 3.97. The molecule has 24 heavy (non-hydrogen) atoms. The number of aryl methyl sites for hydroxylation is 1. The Labute approximate surface area is 141 Å². The molecule has 1 saturated heterocycles. The SMILES string of the molecule is COc1cccc(OC[C@@H]2CCCN(C(=O)c3cc(C)[nH]n3)C2)c1. The minimum Gasteiger partial charge on any atom is -0.497 e. The quantitative estimate of drug-likeness (QED) is 0.916. The number of H-pyrrole nitrogens is 1. The van der Waals surface area contributed by atoms with Crippen LogP contribution in [0.15, 0.2) is 30.3 Å². The van der Waals surface area contributed by atoms with Gasteiger partial charge in [0.1, 0.15) is 17.2 Å². The molecule has 6 nitrogen and oxygen atoms in total. The molecular weight excluding hydrogens is 306 g/mol. The maximum atomic E-state index is 12.5. The van der Waals surface area contributed by atoms with Crippen molar-refractivity contribution in [2.24, 2.45) is 5.92 Å². The Morgan fingerprint density at radius 3 is 2.96 bits per heavy atom. The van der Waals surface area contributed by atoms with Crippen LogP contribution in [0.4, 0.5) is 0 Å². The van der Waals surface area contributed by atoms with Gasteiger partial charge in [-0.3, -0.25) is 9.89 Å². The molecule has 128 valence electrons. The summed E-state index contributed by atoms with van der Waals surface area (Å²) in [5.74, 6) is 1.89. The second-order valence-corrected chi connectivity index (χ2v) is 6.19. The van der Waals surface area contributed by atoms with Gasteiger partial charge in [-0.25, -0.2) is 0 Å². The van der Waals surface area contributed by atoms with E-state index in [0.717, 1.165) is 36.6 Å². The van der Waals surface area contributed by atoms with Crippen molar-refractivity contribution in [2.75, 3.05) is 26.8 Å². The number of ether oxygens (including phenoxy) is 2. The Kier molecular flexibility index (Phi) is 5.03. The number of hydrogen-bond donors (Lipinski definition) is 1. The van der Waals surface area contributed by atoms with E-state index in [1.165, 1.54) is 0 Å². The van der Waals surface area contributed by atoms with Crippen LogP contribution in [0.3, 0.4) is 0 Å². The van der Waals surface area contributed by atoms with Gasteiger partial charge < -0.3 is 14.4 Å². The highest BCUT2D eigenvalue weighted by atomic mass is 16.5. The number of nitrogens with zero attached hydrogens (tertiary/aromatic N) is 2. The number of piperidine rings is 1. The first-order chi connectivity index (χ1) is 11.7. The number of aromatic nitrogens is 2. The summed E-state index contributed by atoms with van der Waals surface area (Å²) >= 11 is 0. The molecule has 0 spiro atoms. The zero-order chi connectivity index (χ0) is 16.9. The average molecular weight is 329 g/mol. The fourth-order valence-corrected chi connectivity index (χ4v) is 2.98. The van der Waals surface area contributed by atoms with E-state index in [4.69, 9.17) is 9.47 Å². The number of carbonyl (C=O) groups is 1. The van der Waals surface area contributed by atoms with Gasteiger partial charge in [0.15, 0.2) is 0 Å². The lowest BCUT2D eigenvalue weighted by Gasteiger charge is -2.32. The maximum Gasteiger partial charge on any atom is 0.274 e. The normalized spacial score (nSPS) is 17.6. The highest BCUT2D eigenvalue weighted by Crippen LogP contribution is 2.22. The highest BCUT2D eigenvalue weighted by molar-refractivity contribution is 5.92. The molecule has 1 atom stereocenters. The summed E-state index contributed by atoms with van der Waals surface area (Å²) in [6, 6.07) is 9.38. The summed E-state index contributed by atoms with van der Waals surface area (Å²) in [4.78, 5) is 14.4. The minimum absolute atomic E-state index is 0.00886. The van der Waals surface area contributed by atoms with Crippen molar-refractivity contribution >= 4 is 5.91 Å². The van der Waals surface area contributed by atoms with E-state index in [-0.39, 0.29) is 5.91 Å². The molecule has 1 N–H and O–H groups in total. The monoisotopic (exact) mass is 329 g/mol. The molecule has 1 amide bonds. The molecule has 6 heteroatoms. The molecule has 1 aromatic heterocycles. The first-order valence-corrected chi connectivity index (χ1v) is 8.24. The van der Waals surface area contributed by atoms with Crippen molar-refractivity contribution in [3.05, 3.63) is 41.7 Å². The summed E-state index contributed by atoms with van der Waals surface area (Å²) < 4.78 is 11.1. The van der Waals surface area contributed by atoms with Crippen molar-refractivity contribution in [1.82, 2.24) is 15.1 Å². The zero-order valence-corrected chi connectivity index (χ0v) is 14.1. The Hall–Kier alpha value is -2.50. The van der Waals surface area contributed by atoms with Crippen LogP contribution in [-0.4, -0.2) is 47.8 Å². The summed E-state index contributed by atoms with van der Waals surface area (Å²) in [6.07, 6.45) is 2.05. The van der Waals surface area contributed by atoms with Gasteiger partial charge in [0, 0.05) is 30.8 Å². The number of amides is 1. The molecule has 1 fully saturated rings. The van der Waals surface area contributed by atoms with Gasteiger partial charge in [-0.1, -0.05) is 6.07 Å². The van der Waals surface area contributed by atoms with Crippen molar-refractivity contribution in [3.8, 4) is 11.5 Å². The molecule has 3 rings (SSSR count). The van der Waals surface area contributed by atoms with Crippen LogP contribution in [-0.2, 0) is 0 Å². The minimum atomic E-state index is -0.00886. The third-order valence-electron chi connectivity index (χ3n) is 4.26. The Bertz CT molecular complexity index is 698. The predicted molar refractivity (Wildman–Crippen MR) is 90.4 cm³/mol. The topological polar surface area (TPSA) is 67.5 Å². The van der Waals surface area contributed by atoms with Crippen LogP contribution in [0.25, 0.3) is 0 Å². The van der Waals surface area contributed by atoms with Crippen LogP contribution in [0.5, 0.6) is 11.5 Å². The van der Waals surface area contributed by atoms with E-state index in [0.29, 0.717) is 24.8 Å². The number of carbonyl (C=O) groups excluding carboxylic acids is 1. The molecule has 0 aliphatic carbocycles. The van der Waals surface area contributed by atoms with Gasteiger partial charge in [0.2, 0.25) is 0 Å². The average Bonchev–Trinajstić information content (AvgIpc) is 3.06. The van der Waals surface area contributed by atoms with E-state index in [9.17, 15) is 4.79 Å². The Morgan fingerprint density at radius 2 is 2.21 bits per heavy atom. The van der Waals surface area contributed by atoms with Crippen LogP contribution >= 0.6 is 0 Å². The molecule has 0 saturated carbocycles. The first kappa shape index (κ1) is 16.4. The smallest absolute Gasteiger partial charge is 0.274 e. The molecule has 0 unspecified atom stereocenters. The molecule has 1 aromatic carbocycles. The van der Waals surface area contributed by atoms with Crippen LogP contribution in [0.1, 0.15) is 29.0 Å². The van der Waals surface area contributed by atoms with Crippen molar-refractivity contribution < 1.29 is 14.3 Å². The van der Waals surface area contributed by atoms with Crippen LogP contribution in [0.2, 0.25) is 0 Å². The lowest BCUT2D eigenvalue weighted by molar-refractivity contribution is 0.0627. The second kappa shape index (κ2) is 7.38. The van der Waals surface area contributed by atoms with Crippen molar-refractivity contribution in [1.29, 1.82) is 0 Å². The third kappa shape index (κ3) is 3.88. The van der Waals surface area contributed by atoms with Crippen molar-refractivity contribution in [2.45, 2.75) is 19.8 Å². The molecule has 1 aliphatic heterocycles. The van der Waals surface area contributed by atoms with E-state index in [1.54, 1.807) is 13.2 Å². The number of nitrogens with one attached hydrogen (secondary N) is 1. The van der Waals surface area contributed by atoms with Gasteiger partial charge >= 0.3 is 0 Å². The van der Waals surface area contributed by atoms with Crippen LogP contribution in [0, 0.1) is 12.8 Å².